The molecule has 1 aromatic carbocycles. The van der Waals surface area contributed by atoms with E-state index in [1.165, 1.54) is 19.8 Å². The average Bonchev–Trinajstić information content (AvgIpc) is 2.97. The van der Waals surface area contributed by atoms with E-state index in [0.29, 0.717) is 0 Å². The molecule has 1 unspecified atom stereocenters. The summed E-state index contributed by atoms with van der Waals surface area (Å²) in [6.45, 7) is 0. The Hall–Kier alpha value is -0.870. The van der Waals surface area contributed by atoms with Gasteiger partial charge in [-0.2, -0.15) is 0 Å². The first-order valence-corrected chi connectivity index (χ1v) is 7.75. The van der Waals surface area contributed by atoms with Gasteiger partial charge in [0.25, 0.3) is 0 Å². The van der Waals surface area contributed by atoms with Crippen LogP contribution in [-0.2, 0) is 0 Å². The molecule has 0 amide bonds. The first-order valence-electron chi connectivity index (χ1n) is 5.68. The fraction of sp³-hybridized carbons (Fsp3) is 0.143. The Morgan fingerprint density at radius 2 is 2.06 bits per heavy atom. The van der Waals surface area contributed by atoms with Crippen molar-refractivity contribution >= 4 is 44.4 Å². The third-order valence-corrected chi connectivity index (χ3v) is 5.53. The third kappa shape index (κ3) is 2.08. The Labute approximate surface area is 119 Å². The number of benzene rings is 1. The lowest BCUT2D eigenvalue weighted by atomic mass is 10.2. The largest absolute Gasteiger partial charge is 0.308 e. The number of fused-ring (bicyclic) bond motifs is 1. The van der Waals surface area contributed by atoms with E-state index in [1.807, 2.05) is 29.8 Å². The number of rotatable bonds is 3. The monoisotopic (exact) mass is 293 g/mol. The van der Waals surface area contributed by atoms with E-state index in [9.17, 15) is 0 Å². The molecule has 18 heavy (non-hydrogen) atoms. The van der Waals surface area contributed by atoms with Crippen LogP contribution in [-0.4, -0.2) is 7.05 Å². The van der Waals surface area contributed by atoms with Crippen LogP contribution in [0.4, 0.5) is 0 Å². The molecule has 0 bridgehead atoms. The van der Waals surface area contributed by atoms with Crippen molar-refractivity contribution < 1.29 is 0 Å². The lowest BCUT2D eigenvalue weighted by Crippen LogP contribution is -2.15. The molecular formula is C14H12ClNS2. The van der Waals surface area contributed by atoms with Crippen molar-refractivity contribution in [2.75, 3.05) is 7.05 Å². The standard InChI is InChI=1S/C14H12ClNS2/c1-16-13(14-10(15)6-7-17-14)12-8-9-4-2-3-5-11(9)18-12/h2-8,13,16H,1H3. The molecule has 0 fully saturated rings. The predicted molar refractivity (Wildman–Crippen MR) is 82.1 cm³/mol. The first-order chi connectivity index (χ1) is 8.79. The smallest absolute Gasteiger partial charge is 0.0777 e. The molecule has 4 heteroatoms. The molecule has 0 saturated carbocycles. The van der Waals surface area contributed by atoms with Gasteiger partial charge in [0.15, 0.2) is 0 Å². The van der Waals surface area contributed by atoms with Gasteiger partial charge >= 0.3 is 0 Å². The van der Waals surface area contributed by atoms with Gasteiger partial charge in [-0.3, -0.25) is 0 Å². The molecule has 1 atom stereocenters. The minimum atomic E-state index is 0.190. The SMILES string of the molecule is CNC(c1cc2ccccc2s1)c1sccc1Cl. The van der Waals surface area contributed by atoms with Gasteiger partial charge < -0.3 is 5.32 Å². The van der Waals surface area contributed by atoms with Crippen molar-refractivity contribution in [3.63, 3.8) is 0 Å². The van der Waals surface area contributed by atoms with Crippen molar-refractivity contribution in [3.8, 4) is 0 Å². The zero-order valence-electron chi connectivity index (χ0n) is 9.81. The lowest BCUT2D eigenvalue weighted by Gasteiger charge is -2.13. The molecule has 3 rings (SSSR count). The normalized spacial score (nSPS) is 13.0. The summed E-state index contributed by atoms with van der Waals surface area (Å²) in [5.41, 5.74) is 0. The number of thiophene rings is 2. The highest BCUT2D eigenvalue weighted by molar-refractivity contribution is 7.19. The van der Waals surface area contributed by atoms with Crippen LogP contribution < -0.4 is 5.32 Å². The lowest BCUT2D eigenvalue weighted by molar-refractivity contribution is 0.717. The van der Waals surface area contributed by atoms with Crippen LogP contribution in [0.1, 0.15) is 15.8 Å². The average molecular weight is 294 g/mol. The van der Waals surface area contributed by atoms with Gasteiger partial charge in [-0.05, 0) is 36.0 Å². The topological polar surface area (TPSA) is 12.0 Å². The van der Waals surface area contributed by atoms with Crippen LogP contribution in [0.2, 0.25) is 5.02 Å². The molecule has 0 aliphatic rings. The maximum atomic E-state index is 6.24. The van der Waals surface area contributed by atoms with E-state index >= 15 is 0 Å². The molecule has 0 radical (unpaired) electrons. The number of nitrogens with one attached hydrogen (secondary N) is 1. The fourth-order valence-electron chi connectivity index (χ4n) is 2.06. The molecule has 2 heterocycles. The van der Waals surface area contributed by atoms with Gasteiger partial charge in [0.2, 0.25) is 0 Å². The Bertz CT molecular complexity index is 638. The van der Waals surface area contributed by atoms with Gasteiger partial charge in [-0.15, -0.1) is 22.7 Å². The summed E-state index contributed by atoms with van der Waals surface area (Å²) in [7, 11) is 1.98. The summed E-state index contributed by atoms with van der Waals surface area (Å²) in [6, 6.07) is 12.9. The molecule has 1 N–H and O–H groups in total. The molecule has 0 aliphatic carbocycles. The second-order valence-corrected chi connectivity index (χ2v) is 6.51. The van der Waals surface area contributed by atoms with E-state index in [2.05, 4.69) is 35.6 Å². The maximum absolute atomic E-state index is 6.24. The highest BCUT2D eigenvalue weighted by Crippen LogP contribution is 2.37. The van der Waals surface area contributed by atoms with Crippen LogP contribution in [0.3, 0.4) is 0 Å². The predicted octanol–water partition coefficient (Wildman–Crippen LogP) is 4.93. The van der Waals surface area contributed by atoms with E-state index in [4.69, 9.17) is 11.6 Å². The minimum absolute atomic E-state index is 0.190. The summed E-state index contributed by atoms with van der Waals surface area (Å²) in [6.07, 6.45) is 0. The zero-order chi connectivity index (χ0) is 12.5. The molecule has 0 spiro atoms. The molecule has 3 aromatic rings. The molecule has 1 nitrogen and oxygen atoms in total. The number of hydrogen-bond acceptors (Lipinski definition) is 3. The van der Waals surface area contributed by atoms with Gasteiger partial charge in [-0.25, -0.2) is 0 Å². The Kier molecular flexibility index (Phi) is 3.39. The van der Waals surface area contributed by atoms with Crippen LogP contribution >= 0.6 is 34.3 Å². The summed E-state index contributed by atoms with van der Waals surface area (Å²) in [5.74, 6) is 0. The Balaban J connectivity index is 2.09. The molecular weight excluding hydrogens is 282 g/mol. The summed E-state index contributed by atoms with van der Waals surface area (Å²) in [5, 5.41) is 7.54. The van der Waals surface area contributed by atoms with Gasteiger partial charge in [0.05, 0.1) is 11.1 Å². The van der Waals surface area contributed by atoms with Gasteiger partial charge in [0, 0.05) is 14.5 Å². The summed E-state index contributed by atoms with van der Waals surface area (Å²) in [4.78, 5) is 2.49. The zero-order valence-corrected chi connectivity index (χ0v) is 12.2. The molecule has 0 aliphatic heterocycles. The maximum Gasteiger partial charge on any atom is 0.0777 e. The van der Waals surface area contributed by atoms with E-state index < -0.39 is 0 Å². The van der Waals surface area contributed by atoms with Crippen molar-refractivity contribution in [1.29, 1.82) is 0 Å². The van der Waals surface area contributed by atoms with Crippen molar-refractivity contribution in [1.82, 2.24) is 5.32 Å². The first kappa shape index (κ1) is 12.2. The minimum Gasteiger partial charge on any atom is -0.308 e. The highest BCUT2D eigenvalue weighted by Gasteiger charge is 2.18. The van der Waals surface area contributed by atoms with Crippen LogP contribution in [0.25, 0.3) is 10.1 Å². The molecule has 2 aromatic heterocycles. The van der Waals surface area contributed by atoms with Crippen LogP contribution in [0, 0.1) is 0 Å². The van der Waals surface area contributed by atoms with Crippen LogP contribution in [0.15, 0.2) is 41.8 Å². The van der Waals surface area contributed by atoms with E-state index in [0.717, 1.165) is 5.02 Å². The summed E-state index contributed by atoms with van der Waals surface area (Å²) < 4.78 is 1.32. The van der Waals surface area contributed by atoms with E-state index in [1.54, 1.807) is 11.3 Å². The van der Waals surface area contributed by atoms with Crippen LogP contribution in [0.5, 0.6) is 0 Å². The second kappa shape index (κ2) is 5.02. The third-order valence-electron chi connectivity index (χ3n) is 2.92. The van der Waals surface area contributed by atoms with Crippen molar-refractivity contribution in [3.05, 3.63) is 56.6 Å². The fourth-order valence-corrected chi connectivity index (χ4v) is 4.61. The number of hydrogen-bond donors (Lipinski definition) is 1. The second-order valence-electron chi connectivity index (χ2n) is 4.04. The van der Waals surface area contributed by atoms with Crippen molar-refractivity contribution in [2.24, 2.45) is 0 Å². The van der Waals surface area contributed by atoms with Gasteiger partial charge in [0.1, 0.15) is 0 Å². The molecule has 92 valence electrons. The summed E-state index contributed by atoms with van der Waals surface area (Å²) >= 11 is 9.76. The quantitative estimate of drug-likeness (QED) is 0.722. The molecule has 0 saturated heterocycles. The van der Waals surface area contributed by atoms with Crippen molar-refractivity contribution in [2.45, 2.75) is 6.04 Å². The highest BCUT2D eigenvalue weighted by atomic mass is 35.5. The Morgan fingerprint density at radius 1 is 1.22 bits per heavy atom. The van der Waals surface area contributed by atoms with E-state index in [-0.39, 0.29) is 6.04 Å². The van der Waals surface area contributed by atoms with Gasteiger partial charge in [-0.1, -0.05) is 29.8 Å². The number of halogens is 1. The Morgan fingerprint density at radius 3 is 2.72 bits per heavy atom.